The molecule has 1 N–H and O–H groups in total. The number of benzene rings is 1. The molecule has 14 heavy (non-hydrogen) atoms. The maximum Gasteiger partial charge on any atom is 0.0369 e. The zero-order chi connectivity index (χ0) is 9.97. The van der Waals surface area contributed by atoms with Gasteiger partial charge in [-0.05, 0) is 43.7 Å². The highest BCUT2D eigenvalue weighted by Gasteiger charge is 2.14. The largest absolute Gasteiger partial charge is 0.371 e. The molecule has 1 saturated heterocycles. The average molecular weight is 190 g/mol. The van der Waals surface area contributed by atoms with Crippen LogP contribution in [-0.4, -0.2) is 20.1 Å². The standard InChI is InChI=1S/C12H18N2/c1-10-8-12(14-6-3-7-14)5-4-11(10)9-13-2/h4-5,8,13H,3,6-7,9H2,1-2H3. The molecule has 1 aliphatic heterocycles. The molecule has 0 saturated carbocycles. The highest BCUT2D eigenvalue weighted by atomic mass is 15.2. The lowest BCUT2D eigenvalue weighted by Crippen LogP contribution is -2.36. The first-order valence-corrected chi connectivity index (χ1v) is 5.30. The van der Waals surface area contributed by atoms with Crippen LogP contribution in [0.4, 0.5) is 5.69 Å². The maximum absolute atomic E-state index is 3.19. The second-order valence-corrected chi connectivity index (χ2v) is 3.98. The molecule has 0 radical (unpaired) electrons. The Hall–Kier alpha value is -1.02. The van der Waals surface area contributed by atoms with E-state index in [1.807, 2.05) is 7.05 Å². The Kier molecular flexibility index (Phi) is 2.73. The fraction of sp³-hybridized carbons (Fsp3) is 0.500. The van der Waals surface area contributed by atoms with E-state index in [4.69, 9.17) is 0 Å². The van der Waals surface area contributed by atoms with Crippen molar-refractivity contribution in [1.29, 1.82) is 0 Å². The van der Waals surface area contributed by atoms with Gasteiger partial charge in [-0.1, -0.05) is 6.07 Å². The normalized spacial score (nSPS) is 15.4. The molecule has 0 aliphatic carbocycles. The lowest BCUT2D eigenvalue weighted by atomic mass is 10.1. The van der Waals surface area contributed by atoms with Gasteiger partial charge >= 0.3 is 0 Å². The summed E-state index contributed by atoms with van der Waals surface area (Å²) in [4.78, 5) is 2.43. The summed E-state index contributed by atoms with van der Waals surface area (Å²) in [6.45, 7) is 5.61. The molecule has 1 aliphatic rings. The van der Waals surface area contributed by atoms with Crippen LogP contribution in [0.15, 0.2) is 18.2 Å². The summed E-state index contributed by atoms with van der Waals surface area (Å²) in [6.07, 6.45) is 1.34. The molecule has 1 fully saturated rings. The van der Waals surface area contributed by atoms with E-state index in [1.165, 1.54) is 36.3 Å². The first kappa shape index (κ1) is 9.53. The number of anilines is 1. The van der Waals surface area contributed by atoms with Crippen LogP contribution in [0.3, 0.4) is 0 Å². The van der Waals surface area contributed by atoms with E-state index in [0.717, 1.165) is 6.54 Å². The van der Waals surface area contributed by atoms with E-state index in [0.29, 0.717) is 0 Å². The molecule has 2 heteroatoms. The molecule has 76 valence electrons. The Morgan fingerprint density at radius 3 is 2.64 bits per heavy atom. The highest BCUT2D eigenvalue weighted by molar-refractivity contribution is 5.52. The Bertz CT molecular complexity index is 316. The molecule has 0 aromatic heterocycles. The monoisotopic (exact) mass is 190 g/mol. The summed E-state index contributed by atoms with van der Waals surface area (Å²) in [5, 5.41) is 3.19. The van der Waals surface area contributed by atoms with Crippen molar-refractivity contribution in [3.8, 4) is 0 Å². The number of hydrogen-bond acceptors (Lipinski definition) is 2. The predicted octanol–water partition coefficient (Wildman–Crippen LogP) is 1.92. The van der Waals surface area contributed by atoms with E-state index in [9.17, 15) is 0 Å². The number of aryl methyl sites for hydroxylation is 1. The Labute approximate surface area is 85.9 Å². The van der Waals surface area contributed by atoms with Crippen LogP contribution in [0.2, 0.25) is 0 Å². The third-order valence-electron chi connectivity index (χ3n) is 2.91. The van der Waals surface area contributed by atoms with Crippen molar-refractivity contribution in [2.24, 2.45) is 0 Å². The minimum atomic E-state index is 0.964. The molecule has 1 aromatic rings. The average Bonchev–Trinajstić information content (AvgIpc) is 2.07. The van der Waals surface area contributed by atoms with E-state index in [1.54, 1.807) is 0 Å². The van der Waals surface area contributed by atoms with Crippen molar-refractivity contribution in [3.63, 3.8) is 0 Å². The van der Waals surface area contributed by atoms with Crippen molar-refractivity contribution in [3.05, 3.63) is 29.3 Å². The topological polar surface area (TPSA) is 15.3 Å². The fourth-order valence-electron chi connectivity index (χ4n) is 1.84. The summed E-state index contributed by atoms with van der Waals surface area (Å²) in [7, 11) is 1.99. The SMILES string of the molecule is CNCc1ccc(N2CCC2)cc1C. The number of rotatable bonds is 3. The van der Waals surface area contributed by atoms with Crippen LogP contribution in [0.25, 0.3) is 0 Å². The van der Waals surface area contributed by atoms with Gasteiger partial charge in [-0.25, -0.2) is 0 Å². The van der Waals surface area contributed by atoms with Crippen LogP contribution in [0, 0.1) is 6.92 Å². The van der Waals surface area contributed by atoms with E-state index in [-0.39, 0.29) is 0 Å². The number of nitrogens with zero attached hydrogens (tertiary/aromatic N) is 1. The van der Waals surface area contributed by atoms with Gasteiger partial charge in [0.1, 0.15) is 0 Å². The summed E-state index contributed by atoms with van der Waals surface area (Å²) >= 11 is 0. The quantitative estimate of drug-likeness (QED) is 0.783. The number of nitrogens with one attached hydrogen (secondary N) is 1. The van der Waals surface area contributed by atoms with E-state index >= 15 is 0 Å². The Morgan fingerprint density at radius 1 is 1.36 bits per heavy atom. The van der Waals surface area contributed by atoms with E-state index in [2.05, 4.69) is 35.3 Å². The molecule has 2 rings (SSSR count). The van der Waals surface area contributed by atoms with Crippen molar-refractivity contribution >= 4 is 5.69 Å². The predicted molar refractivity (Wildman–Crippen MR) is 60.8 cm³/mol. The molecule has 0 bridgehead atoms. The minimum Gasteiger partial charge on any atom is -0.371 e. The molecule has 0 spiro atoms. The third kappa shape index (κ3) is 1.75. The number of hydrogen-bond donors (Lipinski definition) is 1. The molecule has 0 unspecified atom stereocenters. The van der Waals surface area contributed by atoms with Gasteiger partial charge in [-0.3, -0.25) is 0 Å². The van der Waals surface area contributed by atoms with Crippen molar-refractivity contribution in [2.75, 3.05) is 25.0 Å². The first-order valence-electron chi connectivity index (χ1n) is 5.30. The smallest absolute Gasteiger partial charge is 0.0369 e. The van der Waals surface area contributed by atoms with Gasteiger partial charge in [0.15, 0.2) is 0 Å². The first-order chi connectivity index (χ1) is 6.81. The molecule has 2 nitrogen and oxygen atoms in total. The zero-order valence-electron chi connectivity index (χ0n) is 9.01. The van der Waals surface area contributed by atoms with Crippen molar-refractivity contribution in [2.45, 2.75) is 19.9 Å². The van der Waals surface area contributed by atoms with Crippen LogP contribution in [0.5, 0.6) is 0 Å². The maximum atomic E-state index is 3.19. The summed E-state index contributed by atoms with van der Waals surface area (Å²) in [5.74, 6) is 0. The van der Waals surface area contributed by atoms with Gasteiger partial charge in [0.2, 0.25) is 0 Å². The van der Waals surface area contributed by atoms with Crippen LogP contribution >= 0.6 is 0 Å². The summed E-state index contributed by atoms with van der Waals surface area (Å²) in [6, 6.07) is 6.77. The summed E-state index contributed by atoms with van der Waals surface area (Å²) in [5.41, 5.74) is 4.18. The highest BCUT2D eigenvalue weighted by Crippen LogP contribution is 2.23. The molecular formula is C12H18N2. The lowest BCUT2D eigenvalue weighted by Gasteiger charge is -2.33. The summed E-state index contributed by atoms with van der Waals surface area (Å²) < 4.78 is 0. The zero-order valence-corrected chi connectivity index (χ0v) is 9.01. The van der Waals surface area contributed by atoms with Crippen LogP contribution in [-0.2, 0) is 6.54 Å². The van der Waals surface area contributed by atoms with Gasteiger partial charge < -0.3 is 10.2 Å². The molecule has 1 heterocycles. The second kappa shape index (κ2) is 4.01. The molecule has 1 aromatic carbocycles. The van der Waals surface area contributed by atoms with Gasteiger partial charge in [0.05, 0.1) is 0 Å². The van der Waals surface area contributed by atoms with Gasteiger partial charge in [0.25, 0.3) is 0 Å². The molecular weight excluding hydrogens is 172 g/mol. The lowest BCUT2D eigenvalue weighted by molar-refractivity contribution is 0.617. The van der Waals surface area contributed by atoms with Gasteiger partial charge in [0, 0.05) is 25.3 Å². The van der Waals surface area contributed by atoms with Crippen LogP contribution < -0.4 is 10.2 Å². The minimum absolute atomic E-state index is 0.964. The molecule has 0 atom stereocenters. The van der Waals surface area contributed by atoms with Crippen molar-refractivity contribution in [1.82, 2.24) is 5.32 Å². The fourth-order valence-corrected chi connectivity index (χ4v) is 1.84. The van der Waals surface area contributed by atoms with E-state index < -0.39 is 0 Å². The third-order valence-corrected chi connectivity index (χ3v) is 2.91. The molecule has 0 amide bonds. The van der Waals surface area contributed by atoms with Crippen molar-refractivity contribution < 1.29 is 0 Å². The second-order valence-electron chi connectivity index (χ2n) is 3.98. The van der Waals surface area contributed by atoms with Gasteiger partial charge in [-0.15, -0.1) is 0 Å². The van der Waals surface area contributed by atoms with Gasteiger partial charge in [-0.2, -0.15) is 0 Å². The van der Waals surface area contributed by atoms with Crippen LogP contribution in [0.1, 0.15) is 17.5 Å². The Morgan fingerprint density at radius 2 is 2.14 bits per heavy atom. The Balaban J connectivity index is 2.16.